The Labute approximate surface area is 161 Å². The van der Waals surface area contributed by atoms with Crippen LogP contribution in [0, 0.1) is 11.8 Å². The number of nitrogens with zero attached hydrogens (tertiary/aromatic N) is 1. The van der Waals surface area contributed by atoms with E-state index in [0.29, 0.717) is 12.2 Å². The molecule has 1 aliphatic rings. The zero-order chi connectivity index (χ0) is 19.4. The van der Waals surface area contributed by atoms with Crippen molar-refractivity contribution in [3.8, 4) is 11.3 Å². The Balaban J connectivity index is 1.51. The van der Waals surface area contributed by atoms with Crippen LogP contribution in [-0.2, 0) is 21.1 Å². The van der Waals surface area contributed by atoms with Crippen molar-refractivity contribution in [1.29, 1.82) is 0 Å². The van der Waals surface area contributed by atoms with Crippen molar-refractivity contribution >= 4 is 15.6 Å². The molecule has 27 heavy (non-hydrogen) atoms. The van der Waals surface area contributed by atoms with Crippen LogP contribution < -0.4 is 0 Å². The molecule has 146 valence electrons. The summed E-state index contributed by atoms with van der Waals surface area (Å²) in [7, 11) is -3.00. The largest absolute Gasteiger partial charge is 0.356 e. The van der Waals surface area contributed by atoms with Gasteiger partial charge in [0.1, 0.15) is 5.78 Å². The van der Waals surface area contributed by atoms with Crippen LogP contribution in [0.2, 0.25) is 0 Å². The van der Waals surface area contributed by atoms with Gasteiger partial charge in [0, 0.05) is 24.0 Å². The van der Waals surface area contributed by atoms with Crippen LogP contribution in [0.4, 0.5) is 0 Å². The van der Waals surface area contributed by atoms with Crippen LogP contribution in [0.15, 0.2) is 41.1 Å². The molecule has 1 heterocycles. The Hall–Kier alpha value is -1.95. The summed E-state index contributed by atoms with van der Waals surface area (Å²) in [4.78, 5) is 12.6. The highest BCUT2D eigenvalue weighted by Gasteiger charge is 2.29. The zero-order valence-electron chi connectivity index (χ0n) is 15.9. The van der Waals surface area contributed by atoms with E-state index < -0.39 is 9.84 Å². The fourth-order valence-electron chi connectivity index (χ4n) is 3.67. The van der Waals surface area contributed by atoms with E-state index in [1.807, 2.05) is 24.3 Å². The van der Waals surface area contributed by atoms with Gasteiger partial charge < -0.3 is 4.52 Å². The van der Waals surface area contributed by atoms with Gasteiger partial charge in [-0.15, -0.1) is 0 Å². The lowest BCUT2D eigenvalue weighted by Crippen LogP contribution is -2.29. The molecule has 0 atom stereocenters. The fourth-order valence-corrected chi connectivity index (χ4v) is 5.04. The van der Waals surface area contributed by atoms with Crippen molar-refractivity contribution in [2.24, 2.45) is 11.8 Å². The third kappa shape index (κ3) is 5.06. The monoisotopic (exact) mass is 389 g/mol. The van der Waals surface area contributed by atoms with Crippen molar-refractivity contribution in [3.05, 3.63) is 42.1 Å². The van der Waals surface area contributed by atoms with E-state index in [4.69, 9.17) is 4.52 Å². The Morgan fingerprint density at radius 2 is 1.78 bits per heavy atom. The molecule has 0 unspecified atom stereocenters. The number of carbonyl (C=O) groups excluding carboxylic acids is 1. The molecule has 0 radical (unpaired) electrons. The van der Waals surface area contributed by atoms with Gasteiger partial charge in [0.2, 0.25) is 0 Å². The third-order valence-electron chi connectivity index (χ3n) is 5.54. The Bertz CT molecular complexity index is 846. The van der Waals surface area contributed by atoms with Crippen LogP contribution >= 0.6 is 0 Å². The van der Waals surface area contributed by atoms with Crippen molar-refractivity contribution in [1.82, 2.24) is 5.16 Å². The topological polar surface area (TPSA) is 77.2 Å². The van der Waals surface area contributed by atoms with E-state index in [9.17, 15) is 13.2 Å². The van der Waals surface area contributed by atoms with Gasteiger partial charge in [0.05, 0.1) is 17.2 Å². The minimum Gasteiger partial charge on any atom is -0.356 e. The molecule has 3 rings (SSSR count). The first-order valence-corrected chi connectivity index (χ1v) is 11.3. The van der Waals surface area contributed by atoms with Crippen LogP contribution in [0.3, 0.4) is 0 Å². The first kappa shape index (κ1) is 19.8. The summed E-state index contributed by atoms with van der Waals surface area (Å²) in [6, 6.07) is 9.60. The number of aromatic nitrogens is 1. The molecule has 0 aliphatic heterocycles. The highest BCUT2D eigenvalue weighted by molar-refractivity contribution is 7.91. The molecular formula is C21H27NO4S. The van der Waals surface area contributed by atoms with E-state index in [2.05, 4.69) is 5.16 Å². The average Bonchev–Trinajstić information content (AvgIpc) is 3.17. The standard InChI is InChI=1S/C21H27NO4S/c1-15(2)27(24,25)14-17-5-7-18(8-6-17)20(23)13-16-3-9-19(10-4-16)21-11-12-22-26-21/h3-4,9-12,15,17-18H,5-8,13-14H2,1-2H3. The highest BCUT2D eigenvalue weighted by atomic mass is 32.2. The molecule has 1 aromatic carbocycles. The SMILES string of the molecule is CC(C)S(=O)(=O)CC1CCC(C(=O)Cc2ccc(-c3ccno3)cc2)CC1. The average molecular weight is 390 g/mol. The van der Waals surface area contributed by atoms with Crippen LogP contribution in [0.25, 0.3) is 11.3 Å². The van der Waals surface area contributed by atoms with Crippen molar-refractivity contribution in [2.45, 2.75) is 51.2 Å². The Morgan fingerprint density at radius 3 is 2.33 bits per heavy atom. The lowest BCUT2D eigenvalue weighted by Gasteiger charge is -2.28. The predicted octanol–water partition coefficient (Wildman–Crippen LogP) is 4.08. The van der Waals surface area contributed by atoms with Gasteiger partial charge in [-0.3, -0.25) is 4.79 Å². The number of hydrogen-bond acceptors (Lipinski definition) is 5. The molecule has 0 N–H and O–H groups in total. The number of carbonyl (C=O) groups is 1. The highest BCUT2D eigenvalue weighted by Crippen LogP contribution is 2.31. The number of Topliss-reactive ketones (excluding diaryl/α,β-unsaturated/α-hetero) is 1. The second kappa shape index (κ2) is 8.38. The molecular weight excluding hydrogens is 362 g/mol. The maximum Gasteiger partial charge on any atom is 0.166 e. The molecule has 5 nitrogen and oxygen atoms in total. The van der Waals surface area contributed by atoms with E-state index in [1.54, 1.807) is 26.1 Å². The van der Waals surface area contributed by atoms with E-state index in [0.717, 1.165) is 36.8 Å². The van der Waals surface area contributed by atoms with E-state index in [1.165, 1.54) is 0 Å². The van der Waals surface area contributed by atoms with Gasteiger partial charge in [-0.05, 0) is 51.0 Å². The fraction of sp³-hybridized carbons (Fsp3) is 0.524. The summed E-state index contributed by atoms with van der Waals surface area (Å²) < 4.78 is 29.3. The van der Waals surface area contributed by atoms with Gasteiger partial charge in [0.15, 0.2) is 15.6 Å². The first-order chi connectivity index (χ1) is 12.8. The maximum absolute atomic E-state index is 12.6. The van der Waals surface area contributed by atoms with E-state index in [-0.39, 0.29) is 28.6 Å². The van der Waals surface area contributed by atoms with Crippen molar-refractivity contribution < 1.29 is 17.7 Å². The van der Waals surface area contributed by atoms with Crippen LogP contribution in [-0.4, -0.2) is 30.4 Å². The number of ketones is 1. The van der Waals surface area contributed by atoms with E-state index >= 15 is 0 Å². The van der Waals surface area contributed by atoms with Gasteiger partial charge in [0.25, 0.3) is 0 Å². The summed E-state index contributed by atoms with van der Waals surface area (Å²) >= 11 is 0. The number of benzene rings is 1. The molecule has 0 spiro atoms. The Kier molecular flexibility index (Phi) is 6.15. The number of rotatable bonds is 7. The molecule has 2 aromatic rings. The predicted molar refractivity (Wildman–Crippen MR) is 105 cm³/mol. The summed E-state index contributed by atoms with van der Waals surface area (Å²) in [5.74, 6) is 1.48. The molecule has 1 saturated carbocycles. The smallest absolute Gasteiger partial charge is 0.166 e. The van der Waals surface area contributed by atoms with Gasteiger partial charge in [-0.25, -0.2) is 8.42 Å². The molecule has 6 heteroatoms. The third-order valence-corrected chi connectivity index (χ3v) is 7.92. The minimum atomic E-state index is -3.00. The Morgan fingerprint density at radius 1 is 1.11 bits per heavy atom. The number of hydrogen-bond donors (Lipinski definition) is 0. The zero-order valence-corrected chi connectivity index (χ0v) is 16.7. The van der Waals surface area contributed by atoms with Crippen LogP contribution in [0.5, 0.6) is 0 Å². The molecule has 1 fully saturated rings. The second-order valence-corrected chi connectivity index (χ2v) is 10.4. The molecule has 1 aliphatic carbocycles. The van der Waals surface area contributed by atoms with Gasteiger partial charge in [-0.2, -0.15) is 0 Å². The van der Waals surface area contributed by atoms with Gasteiger partial charge in [-0.1, -0.05) is 29.4 Å². The summed E-state index contributed by atoms with van der Waals surface area (Å²) in [6.07, 6.45) is 5.28. The van der Waals surface area contributed by atoms with Crippen molar-refractivity contribution in [2.75, 3.05) is 5.75 Å². The lowest BCUT2D eigenvalue weighted by atomic mass is 9.79. The number of sulfone groups is 1. The van der Waals surface area contributed by atoms with Crippen molar-refractivity contribution in [3.63, 3.8) is 0 Å². The molecule has 0 amide bonds. The molecule has 1 aromatic heterocycles. The summed E-state index contributed by atoms with van der Waals surface area (Å²) in [5, 5.41) is 3.38. The summed E-state index contributed by atoms with van der Waals surface area (Å²) in [5.41, 5.74) is 1.93. The van der Waals surface area contributed by atoms with Crippen LogP contribution in [0.1, 0.15) is 45.1 Å². The normalized spacial score (nSPS) is 20.7. The maximum atomic E-state index is 12.6. The lowest BCUT2D eigenvalue weighted by molar-refractivity contribution is -0.123. The summed E-state index contributed by atoms with van der Waals surface area (Å²) in [6.45, 7) is 3.47. The van der Waals surface area contributed by atoms with Gasteiger partial charge >= 0.3 is 0 Å². The minimum absolute atomic E-state index is 0.0527. The second-order valence-electron chi connectivity index (χ2n) is 7.81. The molecule has 0 saturated heterocycles. The quantitative estimate of drug-likeness (QED) is 0.713. The molecule has 0 bridgehead atoms. The first-order valence-electron chi connectivity index (χ1n) is 9.59.